The molecule has 1 aliphatic carbocycles. The fraction of sp³-hybridized carbons (Fsp3) is 0.267. The second kappa shape index (κ2) is 3.44. The van der Waals surface area contributed by atoms with Crippen molar-refractivity contribution < 1.29 is 4.79 Å². The van der Waals surface area contributed by atoms with Crippen molar-refractivity contribution in [1.29, 1.82) is 0 Å². The van der Waals surface area contributed by atoms with Gasteiger partial charge >= 0.3 is 0 Å². The Balaban J connectivity index is 2.30. The van der Waals surface area contributed by atoms with E-state index in [0.717, 1.165) is 23.8 Å². The summed E-state index contributed by atoms with van der Waals surface area (Å²) >= 11 is 0. The normalized spacial score (nSPS) is 19.1. The van der Waals surface area contributed by atoms with E-state index in [1.54, 1.807) is 0 Å². The van der Waals surface area contributed by atoms with E-state index in [1.807, 2.05) is 12.1 Å². The SMILES string of the molecule is CCC1Cc2ccc3ccccc3c2C1=O. The number of carbonyl (C=O) groups is 1. The molecule has 0 aromatic heterocycles. The molecule has 1 aliphatic rings. The quantitative estimate of drug-likeness (QED) is 0.702. The number of hydrogen-bond donors (Lipinski definition) is 0. The van der Waals surface area contributed by atoms with Crippen LogP contribution in [0.3, 0.4) is 0 Å². The molecule has 1 heteroatoms. The number of fused-ring (bicyclic) bond motifs is 3. The van der Waals surface area contributed by atoms with E-state index in [-0.39, 0.29) is 5.92 Å². The van der Waals surface area contributed by atoms with Crippen LogP contribution in [0.2, 0.25) is 0 Å². The third kappa shape index (κ3) is 1.21. The average molecular weight is 210 g/mol. The first-order valence-electron chi connectivity index (χ1n) is 5.86. The third-order valence-corrected chi connectivity index (χ3v) is 3.59. The lowest BCUT2D eigenvalue weighted by Crippen LogP contribution is -2.07. The maximum absolute atomic E-state index is 12.2. The van der Waals surface area contributed by atoms with Gasteiger partial charge < -0.3 is 0 Å². The Morgan fingerprint density at radius 1 is 1.19 bits per heavy atom. The first-order chi connectivity index (χ1) is 7.81. The zero-order valence-corrected chi connectivity index (χ0v) is 9.36. The molecule has 0 N–H and O–H groups in total. The van der Waals surface area contributed by atoms with Gasteiger partial charge in [0.1, 0.15) is 0 Å². The first-order valence-corrected chi connectivity index (χ1v) is 5.86. The van der Waals surface area contributed by atoms with Crippen molar-refractivity contribution in [3.8, 4) is 0 Å². The summed E-state index contributed by atoms with van der Waals surface area (Å²) in [5, 5.41) is 2.30. The van der Waals surface area contributed by atoms with E-state index in [1.165, 1.54) is 10.9 Å². The lowest BCUT2D eigenvalue weighted by Gasteiger charge is -2.03. The van der Waals surface area contributed by atoms with E-state index in [9.17, 15) is 4.79 Å². The molecule has 2 aromatic carbocycles. The molecule has 0 radical (unpaired) electrons. The molecule has 16 heavy (non-hydrogen) atoms. The first kappa shape index (κ1) is 9.59. The lowest BCUT2D eigenvalue weighted by molar-refractivity contribution is 0.0935. The molecule has 0 saturated heterocycles. The fourth-order valence-corrected chi connectivity index (χ4v) is 2.67. The number of carbonyl (C=O) groups excluding carboxylic acids is 1. The smallest absolute Gasteiger partial charge is 0.167 e. The Kier molecular flexibility index (Phi) is 2.06. The molecule has 0 spiro atoms. The van der Waals surface area contributed by atoms with Crippen LogP contribution in [0.15, 0.2) is 36.4 Å². The van der Waals surface area contributed by atoms with E-state index in [4.69, 9.17) is 0 Å². The van der Waals surface area contributed by atoms with Crippen molar-refractivity contribution in [2.24, 2.45) is 5.92 Å². The van der Waals surface area contributed by atoms with Crippen molar-refractivity contribution in [3.05, 3.63) is 47.5 Å². The Labute approximate surface area is 95.1 Å². The Morgan fingerprint density at radius 3 is 2.81 bits per heavy atom. The van der Waals surface area contributed by atoms with Crippen LogP contribution >= 0.6 is 0 Å². The van der Waals surface area contributed by atoms with Gasteiger partial charge in [-0.3, -0.25) is 4.79 Å². The van der Waals surface area contributed by atoms with Gasteiger partial charge in [-0.2, -0.15) is 0 Å². The van der Waals surface area contributed by atoms with Crippen LogP contribution in [-0.4, -0.2) is 5.78 Å². The molecule has 0 fully saturated rings. The maximum Gasteiger partial charge on any atom is 0.167 e. The summed E-state index contributed by atoms with van der Waals surface area (Å²) < 4.78 is 0. The second-order valence-electron chi connectivity index (χ2n) is 4.49. The summed E-state index contributed by atoms with van der Waals surface area (Å²) in [6.07, 6.45) is 1.87. The maximum atomic E-state index is 12.2. The molecule has 80 valence electrons. The van der Waals surface area contributed by atoms with Gasteiger partial charge in [0.2, 0.25) is 0 Å². The summed E-state index contributed by atoms with van der Waals surface area (Å²) in [5.74, 6) is 0.551. The van der Waals surface area contributed by atoms with Gasteiger partial charge in [0, 0.05) is 11.5 Å². The van der Waals surface area contributed by atoms with Crippen molar-refractivity contribution >= 4 is 16.6 Å². The molecule has 0 aliphatic heterocycles. The topological polar surface area (TPSA) is 17.1 Å². The number of rotatable bonds is 1. The van der Waals surface area contributed by atoms with Crippen molar-refractivity contribution in [3.63, 3.8) is 0 Å². The van der Waals surface area contributed by atoms with Gasteiger partial charge in [-0.15, -0.1) is 0 Å². The fourth-order valence-electron chi connectivity index (χ4n) is 2.67. The van der Waals surface area contributed by atoms with Gasteiger partial charge in [-0.1, -0.05) is 43.3 Å². The van der Waals surface area contributed by atoms with Crippen LogP contribution < -0.4 is 0 Å². The molecule has 1 atom stereocenters. The minimum atomic E-state index is 0.209. The zero-order chi connectivity index (χ0) is 11.1. The van der Waals surface area contributed by atoms with Crippen LogP contribution in [-0.2, 0) is 6.42 Å². The van der Waals surface area contributed by atoms with E-state index < -0.39 is 0 Å². The molecule has 0 heterocycles. The largest absolute Gasteiger partial charge is 0.294 e. The zero-order valence-electron chi connectivity index (χ0n) is 9.36. The van der Waals surface area contributed by atoms with Gasteiger partial charge in [-0.25, -0.2) is 0 Å². The van der Waals surface area contributed by atoms with Crippen LogP contribution in [0, 0.1) is 5.92 Å². The molecule has 3 rings (SSSR count). The number of ketones is 1. The predicted octanol–water partition coefficient (Wildman–Crippen LogP) is 3.60. The molecule has 1 nitrogen and oxygen atoms in total. The average Bonchev–Trinajstić information content (AvgIpc) is 2.66. The molecule has 2 aromatic rings. The van der Waals surface area contributed by atoms with E-state index in [0.29, 0.717) is 5.78 Å². The van der Waals surface area contributed by atoms with Crippen LogP contribution in [0.4, 0.5) is 0 Å². The minimum Gasteiger partial charge on any atom is -0.294 e. The number of hydrogen-bond acceptors (Lipinski definition) is 1. The Hall–Kier alpha value is -1.63. The van der Waals surface area contributed by atoms with Crippen molar-refractivity contribution in [2.45, 2.75) is 19.8 Å². The molecular formula is C15H14O. The van der Waals surface area contributed by atoms with Crippen LogP contribution in [0.1, 0.15) is 29.3 Å². The van der Waals surface area contributed by atoms with Gasteiger partial charge in [0.25, 0.3) is 0 Å². The number of benzene rings is 2. The molecule has 0 amide bonds. The van der Waals surface area contributed by atoms with Crippen molar-refractivity contribution in [2.75, 3.05) is 0 Å². The van der Waals surface area contributed by atoms with Gasteiger partial charge in [0.15, 0.2) is 5.78 Å². The summed E-state index contributed by atoms with van der Waals surface area (Å²) in [4.78, 5) is 12.2. The van der Waals surface area contributed by atoms with E-state index in [2.05, 4.69) is 31.2 Å². The highest BCUT2D eigenvalue weighted by Crippen LogP contribution is 2.33. The molecule has 0 bridgehead atoms. The highest BCUT2D eigenvalue weighted by molar-refractivity contribution is 6.12. The third-order valence-electron chi connectivity index (χ3n) is 3.59. The molecular weight excluding hydrogens is 196 g/mol. The monoisotopic (exact) mass is 210 g/mol. The van der Waals surface area contributed by atoms with Crippen LogP contribution in [0.25, 0.3) is 10.8 Å². The number of Topliss-reactive ketones (excluding diaryl/α,β-unsaturated/α-hetero) is 1. The van der Waals surface area contributed by atoms with Gasteiger partial charge in [-0.05, 0) is 29.2 Å². The summed E-state index contributed by atoms with van der Waals surface area (Å²) in [6, 6.07) is 12.4. The minimum absolute atomic E-state index is 0.209. The Morgan fingerprint density at radius 2 is 2.00 bits per heavy atom. The summed E-state index contributed by atoms with van der Waals surface area (Å²) in [6.45, 7) is 2.09. The Bertz CT molecular complexity index is 569. The summed E-state index contributed by atoms with van der Waals surface area (Å²) in [5.41, 5.74) is 2.21. The predicted molar refractivity (Wildman–Crippen MR) is 65.8 cm³/mol. The standard InChI is InChI=1S/C15H14O/c1-2-10-9-12-8-7-11-5-3-4-6-13(11)14(12)15(10)16/h3-8,10H,2,9H2,1H3. The van der Waals surface area contributed by atoms with E-state index >= 15 is 0 Å². The highest BCUT2D eigenvalue weighted by atomic mass is 16.1. The second-order valence-corrected chi connectivity index (χ2v) is 4.49. The summed E-state index contributed by atoms with van der Waals surface area (Å²) in [7, 11) is 0. The lowest BCUT2D eigenvalue weighted by atomic mass is 9.99. The molecule has 0 saturated carbocycles. The van der Waals surface area contributed by atoms with Crippen molar-refractivity contribution in [1.82, 2.24) is 0 Å². The van der Waals surface area contributed by atoms with Crippen LogP contribution in [0.5, 0.6) is 0 Å². The molecule has 1 unspecified atom stereocenters. The van der Waals surface area contributed by atoms with Gasteiger partial charge in [0.05, 0.1) is 0 Å². The highest BCUT2D eigenvalue weighted by Gasteiger charge is 2.30.